The average molecular weight is 290 g/mol. The molecule has 2 aromatic rings. The lowest BCUT2D eigenvalue weighted by Gasteiger charge is -2.08. The number of benzene rings is 1. The van der Waals surface area contributed by atoms with E-state index in [-0.39, 0.29) is 6.61 Å². The zero-order valence-corrected chi connectivity index (χ0v) is 11.8. The summed E-state index contributed by atoms with van der Waals surface area (Å²) in [4.78, 5) is 8.76. The van der Waals surface area contributed by atoms with Crippen molar-refractivity contribution in [1.29, 1.82) is 0 Å². The number of halogens is 1. The molecule has 2 N–H and O–H groups in total. The van der Waals surface area contributed by atoms with Gasteiger partial charge in [0.2, 0.25) is 0 Å². The first-order chi connectivity index (χ1) is 9.74. The van der Waals surface area contributed by atoms with E-state index >= 15 is 0 Å². The summed E-state index contributed by atoms with van der Waals surface area (Å²) < 4.78 is 0. The Bertz CT molecular complexity index is 597. The molecule has 5 heteroatoms. The van der Waals surface area contributed by atoms with Gasteiger partial charge in [-0.2, -0.15) is 0 Å². The standard InChI is InChI=1S/C15H16ClN3O/c16-13-7-14(19-15(18-13)12-5-6-12)17-8-10-1-3-11(9-20)4-2-10/h1-4,7,12,20H,5-6,8-9H2,(H,17,18,19). The van der Waals surface area contributed by atoms with Gasteiger partial charge in [0.1, 0.15) is 16.8 Å². The molecule has 104 valence electrons. The largest absolute Gasteiger partial charge is 0.392 e. The molecule has 1 aliphatic carbocycles. The Kier molecular flexibility index (Phi) is 3.85. The first-order valence-corrected chi connectivity index (χ1v) is 7.09. The minimum Gasteiger partial charge on any atom is -0.392 e. The Balaban J connectivity index is 1.67. The normalized spacial score (nSPS) is 14.3. The Hall–Kier alpha value is -1.65. The van der Waals surface area contributed by atoms with Gasteiger partial charge in [-0.1, -0.05) is 35.9 Å². The van der Waals surface area contributed by atoms with Crippen LogP contribution in [-0.4, -0.2) is 15.1 Å². The van der Waals surface area contributed by atoms with Crippen molar-refractivity contribution >= 4 is 17.4 Å². The summed E-state index contributed by atoms with van der Waals surface area (Å²) in [5.74, 6) is 2.09. The van der Waals surface area contributed by atoms with E-state index in [1.54, 1.807) is 6.07 Å². The molecule has 0 unspecified atom stereocenters. The fourth-order valence-corrected chi connectivity index (χ4v) is 2.19. The van der Waals surface area contributed by atoms with Crippen LogP contribution in [0.3, 0.4) is 0 Å². The number of nitrogens with one attached hydrogen (secondary N) is 1. The number of nitrogens with zero attached hydrogens (tertiary/aromatic N) is 2. The number of hydrogen-bond acceptors (Lipinski definition) is 4. The Morgan fingerprint density at radius 2 is 1.85 bits per heavy atom. The van der Waals surface area contributed by atoms with Crippen LogP contribution in [0.4, 0.5) is 5.82 Å². The first-order valence-electron chi connectivity index (χ1n) is 6.71. The molecule has 1 aromatic carbocycles. The molecule has 1 aliphatic rings. The maximum absolute atomic E-state index is 9.01. The number of aliphatic hydroxyl groups excluding tert-OH is 1. The van der Waals surface area contributed by atoms with E-state index in [0.29, 0.717) is 17.6 Å². The van der Waals surface area contributed by atoms with Crippen LogP contribution in [0.25, 0.3) is 0 Å². The minimum absolute atomic E-state index is 0.0694. The summed E-state index contributed by atoms with van der Waals surface area (Å²) in [6.07, 6.45) is 2.31. The van der Waals surface area contributed by atoms with E-state index in [0.717, 1.165) is 35.6 Å². The summed E-state index contributed by atoms with van der Waals surface area (Å²) in [6, 6.07) is 9.56. The molecule has 0 aliphatic heterocycles. The number of rotatable bonds is 5. The number of anilines is 1. The molecular formula is C15H16ClN3O. The highest BCUT2D eigenvalue weighted by Crippen LogP contribution is 2.38. The zero-order chi connectivity index (χ0) is 13.9. The number of hydrogen-bond donors (Lipinski definition) is 2. The van der Waals surface area contributed by atoms with Gasteiger partial charge in [0, 0.05) is 18.5 Å². The second-order valence-corrected chi connectivity index (χ2v) is 5.42. The van der Waals surface area contributed by atoms with Gasteiger partial charge in [0.05, 0.1) is 6.61 Å². The Labute approximate surface area is 122 Å². The van der Waals surface area contributed by atoms with Crippen molar-refractivity contribution in [3.8, 4) is 0 Å². The molecule has 4 nitrogen and oxygen atoms in total. The van der Waals surface area contributed by atoms with Crippen molar-refractivity contribution in [2.45, 2.75) is 31.9 Å². The molecule has 1 fully saturated rings. The molecule has 1 aromatic heterocycles. The van der Waals surface area contributed by atoms with Crippen LogP contribution in [-0.2, 0) is 13.2 Å². The van der Waals surface area contributed by atoms with Gasteiger partial charge in [-0.3, -0.25) is 0 Å². The van der Waals surface area contributed by atoms with Crippen molar-refractivity contribution in [1.82, 2.24) is 9.97 Å². The molecule has 3 rings (SSSR count). The van der Waals surface area contributed by atoms with Crippen molar-refractivity contribution in [2.24, 2.45) is 0 Å². The topological polar surface area (TPSA) is 58.0 Å². The minimum atomic E-state index is 0.0694. The lowest BCUT2D eigenvalue weighted by Crippen LogP contribution is -2.04. The summed E-state index contributed by atoms with van der Waals surface area (Å²) in [7, 11) is 0. The second-order valence-electron chi connectivity index (χ2n) is 5.04. The van der Waals surface area contributed by atoms with Gasteiger partial charge < -0.3 is 10.4 Å². The predicted molar refractivity (Wildman–Crippen MR) is 78.7 cm³/mol. The molecule has 1 saturated carbocycles. The van der Waals surface area contributed by atoms with E-state index in [1.807, 2.05) is 24.3 Å². The number of aromatic nitrogens is 2. The number of aliphatic hydroxyl groups is 1. The zero-order valence-electron chi connectivity index (χ0n) is 11.0. The molecule has 0 atom stereocenters. The molecule has 20 heavy (non-hydrogen) atoms. The lowest BCUT2D eigenvalue weighted by molar-refractivity contribution is 0.282. The SMILES string of the molecule is OCc1ccc(CNc2cc(Cl)nc(C3CC3)n2)cc1. The van der Waals surface area contributed by atoms with Crippen molar-refractivity contribution in [3.63, 3.8) is 0 Å². The van der Waals surface area contributed by atoms with Crippen LogP contribution in [0.15, 0.2) is 30.3 Å². The monoisotopic (exact) mass is 289 g/mol. The summed E-state index contributed by atoms with van der Waals surface area (Å²) in [6.45, 7) is 0.739. The molecular weight excluding hydrogens is 274 g/mol. The van der Waals surface area contributed by atoms with E-state index in [1.165, 1.54) is 0 Å². The molecule has 0 saturated heterocycles. The predicted octanol–water partition coefficient (Wildman–Crippen LogP) is 3.11. The quantitative estimate of drug-likeness (QED) is 0.831. The first kappa shape index (κ1) is 13.3. The molecule has 0 spiro atoms. The third-order valence-electron chi connectivity index (χ3n) is 3.33. The Morgan fingerprint density at radius 1 is 1.15 bits per heavy atom. The van der Waals surface area contributed by atoms with E-state index in [9.17, 15) is 0 Å². The van der Waals surface area contributed by atoms with Crippen LogP contribution in [0.5, 0.6) is 0 Å². The van der Waals surface area contributed by atoms with Crippen molar-refractivity contribution < 1.29 is 5.11 Å². The lowest BCUT2D eigenvalue weighted by atomic mass is 10.1. The van der Waals surface area contributed by atoms with Crippen LogP contribution in [0, 0.1) is 0 Å². The van der Waals surface area contributed by atoms with Crippen molar-refractivity contribution in [2.75, 3.05) is 5.32 Å². The molecule has 1 heterocycles. The van der Waals surface area contributed by atoms with E-state index < -0.39 is 0 Å². The van der Waals surface area contributed by atoms with Crippen molar-refractivity contribution in [3.05, 3.63) is 52.4 Å². The molecule has 0 amide bonds. The highest BCUT2D eigenvalue weighted by atomic mass is 35.5. The maximum atomic E-state index is 9.01. The summed E-state index contributed by atoms with van der Waals surface area (Å²) >= 11 is 6.02. The maximum Gasteiger partial charge on any atom is 0.135 e. The smallest absolute Gasteiger partial charge is 0.135 e. The van der Waals surface area contributed by atoms with Gasteiger partial charge in [0.15, 0.2) is 0 Å². The average Bonchev–Trinajstić information content (AvgIpc) is 3.30. The summed E-state index contributed by atoms with van der Waals surface area (Å²) in [5.41, 5.74) is 2.04. The fourth-order valence-electron chi connectivity index (χ4n) is 2.01. The van der Waals surface area contributed by atoms with Gasteiger partial charge in [-0.25, -0.2) is 9.97 Å². The third-order valence-corrected chi connectivity index (χ3v) is 3.53. The van der Waals surface area contributed by atoms with Crippen LogP contribution in [0.1, 0.15) is 35.7 Å². The molecule has 0 bridgehead atoms. The van der Waals surface area contributed by atoms with E-state index in [2.05, 4.69) is 15.3 Å². The molecule has 0 radical (unpaired) electrons. The Morgan fingerprint density at radius 3 is 2.50 bits per heavy atom. The van der Waals surface area contributed by atoms with Gasteiger partial charge >= 0.3 is 0 Å². The van der Waals surface area contributed by atoms with Crippen LogP contribution in [0.2, 0.25) is 5.15 Å². The van der Waals surface area contributed by atoms with Crippen LogP contribution >= 0.6 is 11.6 Å². The van der Waals surface area contributed by atoms with E-state index in [4.69, 9.17) is 16.7 Å². The van der Waals surface area contributed by atoms with Gasteiger partial charge in [0.25, 0.3) is 0 Å². The highest BCUT2D eigenvalue weighted by Gasteiger charge is 2.27. The third kappa shape index (κ3) is 3.26. The summed E-state index contributed by atoms with van der Waals surface area (Å²) in [5, 5.41) is 12.8. The fraction of sp³-hybridized carbons (Fsp3) is 0.333. The second kappa shape index (κ2) is 5.77. The van der Waals surface area contributed by atoms with Gasteiger partial charge in [-0.15, -0.1) is 0 Å². The van der Waals surface area contributed by atoms with Gasteiger partial charge in [-0.05, 0) is 24.0 Å². The highest BCUT2D eigenvalue weighted by molar-refractivity contribution is 6.29. The van der Waals surface area contributed by atoms with Crippen LogP contribution < -0.4 is 5.32 Å².